The topological polar surface area (TPSA) is 74.6 Å². The lowest BCUT2D eigenvalue weighted by Crippen LogP contribution is -2.12. The molecule has 0 heterocycles. The summed E-state index contributed by atoms with van der Waals surface area (Å²) in [6.45, 7) is 0. The van der Waals surface area contributed by atoms with Gasteiger partial charge in [-0.1, -0.05) is 72.8 Å². The smallest absolute Gasteiger partial charge is 0.314 e. The first-order valence-corrected chi connectivity index (χ1v) is 6.83. The Bertz CT molecular complexity index is 603. The lowest BCUT2D eigenvalue weighted by Gasteiger charge is -2.11. The van der Waals surface area contributed by atoms with Crippen LogP contribution in [-0.4, -0.2) is 22.2 Å². The normalized spacial score (nSPS) is 13.6. The minimum absolute atomic E-state index is 0.614. The number of hydrogen-bond donors (Lipinski definition) is 2. The molecule has 22 heavy (non-hydrogen) atoms. The second kappa shape index (κ2) is 7.22. The molecule has 2 unspecified atom stereocenters. The molecular formula is C18H16O4. The van der Waals surface area contributed by atoms with Gasteiger partial charge >= 0.3 is 11.9 Å². The van der Waals surface area contributed by atoms with Crippen molar-refractivity contribution in [2.75, 3.05) is 0 Å². The quantitative estimate of drug-likeness (QED) is 0.802. The van der Waals surface area contributed by atoms with E-state index >= 15 is 0 Å². The zero-order chi connectivity index (χ0) is 15.9. The predicted molar refractivity (Wildman–Crippen MR) is 82.8 cm³/mol. The molecule has 4 nitrogen and oxygen atoms in total. The molecule has 0 aromatic heterocycles. The average molecular weight is 296 g/mol. The van der Waals surface area contributed by atoms with Gasteiger partial charge in [0.15, 0.2) is 0 Å². The SMILES string of the molecule is O=C(O)C(/C=C/C(C(=O)O)c1ccccc1)c1ccccc1. The van der Waals surface area contributed by atoms with Gasteiger partial charge in [0.25, 0.3) is 0 Å². The Morgan fingerprint density at radius 3 is 1.27 bits per heavy atom. The fourth-order valence-corrected chi connectivity index (χ4v) is 2.21. The van der Waals surface area contributed by atoms with Crippen LogP contribution in [0.25, 0.3) is 0 Å². The van der Waals surface area contributed by atoms with Gasteiger partial charge in [0.2, 0.25) is 0 Å². The molecule has 0 amide bonds. The first kappa shape index (κ1) is 15.5. The van der Waals surface area contributed by atoms with E-state index in [1.807, 2.05) is 0 Å². The van der Waals surface area contributed by atoms with Crippen LogP contribution in [0.2, 0.25) is 0 Å². The minimum atomic E-state index is -1.01. The van der Waals surface area contributed by atoms with E-state index in [2.05, 4.69) is 0 Å². The number of aliphatic carboxylic acids is 2. The van der Waals surface area contributed by atoms with Crippen molar-refractivity contribution in [2.45, 2.75) is 11.8 Å². The Labute approximate surface area is 128 Å². The second-order valence-electron chi connectivity index (χ2n) is 4.84. The molecule has 0 aliphatic carbocycles. The summed E-state index contributed by atoms with van der Waals surface area (Å²) in [5.74, 6) is -3.77. The van der Waals surface area contributed by atoms with Crippen LogP contribution in [0.1, 0.15) is 23.0 Å². The van der Waals surface area contributed by atoms with Crippen LogP contribution < -0.4 is 0 Å². The number of hydrogen-bond acceptors (Lipinski definition) is 2. The summed E-state index contributed by atoms with van der Waals surface area (Å²) in [5, 5.41) is 18.7. The predicted octanol–water partition coefficient (Wildman–Crippen LogP) is 3.28. The molecule has 0 bridgehead atoms. The maximum absolute atomic E-state index is 11.4. The summed E-state index contributed by atoms with van der Waals surface area (Å²) < 4.78 is 0. The molecule has 2 aromatic rings. The largest absolute Gasteiger partial charge is 0.481 e. The van der Waals surface area contributed by atoms with Gasteiger partial charge in [0.05, 0.1) is 11.8 Å². The first-order chi connectivity index (χ1) is 10.6. The van der Waals surface area contributed by atoms with Gasteiger partial charge in [0, 0.05) is 0 Å². The maximum Gasteiger partial charge on any atom is 0.314 e. The Morgan fingerprint density at radius 2 is 1.00 bits per heavy atom. The van der Waals surface area contributed by atoms with Crippen LogP contribution in [0.5, 0.6) is 0 Å². The molecule has 0 radical (unpaired) electrons. The molecule has 2 rings (SSSR count). The van der Waals surface area contributed by atoms with E-state index in [1.165, 1.54) is 12.2 Å². The Kier molecular flexibility index (Phi) is 5.09. The second-order valence-corrected chi connectivity index (χ2v) is 4.84. The van der Waals surface area contributed by atoms with Gasteiger partial charge < -0.3 is 10.2 Å². The van der Waals surface area contributed by atoms with Gasteiger partial charge in [-0.25, -0.2) is 0 Å². The first-order valence-electron chi connectivity index (χ1n) is 6.83. The molecule has 0 aliphatic rings. The summed E-state index contributed by atoms with van der Waals surface area (Å²) >= 11 is 0. The lowest BCUT2D eigenvalue weighted by molar-refractivity contribution is -0.139. The van der Waals surface area contributed by atoms with Crippen LogP contribution in [0.4, 0.5) is 0 Å². The van der Waals surface area contributed by atoms with Crippen molar-refractivity contribution in [1.29, 1.82) is 0 Å². The monoisotopic (exact) mass is 296 g/mol. The highest BCUT2D eigenvalue weighted by Gasteiger charge is 2.20. The van der Waals surface area contributed by atoms with Crippen LogP contribution in [0.3, 0.4) is 0 Å². The molecule has 0 saturated carbocycles. The van der Waals surface area contributed by atoms with Crippen molar-refractivity contribution in [2.24, 2.45) is 0 Å². The lowest BCUT2D eigenvalue weighted by atomic mass is 9.94. The van der Waals surface area contributed by atoms with Gasteiger partial charge in [-0.3, -0.25) is 9.59 Å². The third-order valence-corrected chi connectivity index (χ3v) is 3.35. The van der Waals surface area contributed by atoms with Crippen molar-refractivity contribution < 1.29 is 19.8 Å². The third kappa shape index (κ3) is 3.82. The zero-order valence-electron chi connectivity index (χ0n) is 11.8. The molecule has 0 saturated heterocycles. The summed E-state index contributed by atoms with van der Waals surface area (Å²) in [7, 11) is 0. The summed E-state index contributed by atoms with van der Waals surface area (Å²) in [6.07, 6.45) is 2.87. The van der Waals surface area contributed by atoms with Crippen molar-refractivity contribution in [3.8, 4) is 0 Å². The number of carboxylic acid groups (broad SMARTS) is 2. The van der Waals surface area contributed by atoms with E-state index in [0.29, 0.717) is 11.1 Å². The highest BCUT2D eigenvalue weighted by atomic mass is 16.4. The van der Waals surface area contributed by atoms with Gasteiger partial charge in [-0.15, -0.1) is 0 Å². The maximum atomic E-state index is 11.4. The summed E-state index contributed by atoms with van der Waals surface area (Å²) in [4.78, 5) is 22.8. The van der Waals surface area contributed by atoms with Crippen LogP contribution in [0, 0.1) is 0 Å². The minimum Gasteiger partial charge on any atom is -0.481 e. The number of benzene rings is 2. The fourth-order valence-electron chi connectivity index (χ4n) is 2.21. The number of carbonyl (C=O) groups is 2. The zero-order valence-corrected chi connectivity index (χ0v) is 11.8. The molecule has 112 valence electrons. The Balaban J connectivity index is 2.29. The highest BCUT2D eigenvalue weighted by Crippen LogP contribution is 2.22. The summed E-state index contributed by atoms with van der Waals surface area (Å²) in [5.41, 5.74) is 1.23. The number of carboxylic acids is 2. The highest BCUT2D eigenvalue weighted by molar-refractivity contribution is 5.81. The molecule has 0 spiro atoms. The van der Waals surface area contributed by atoms with Crippen LogP contribution >= 0.6 is 0 Å². The summed E-state index contributed by atoms with van der Waals surface area (Å²) in [6, 6.07) is 17.5. The third-order valence-electron chi connectivity index (χ3n) is 3.35. The van der Waals surface area contributed by atoms with Crippen LogP contribution in [-0.2, 0) is 9.59 Å². The van der Waals surface area contributed by atoms with Crippen molar-refractivity contribution in [1.82, 2.24) is 0 Å². The van der Waals surface area contributed by atoms with E-state index in [4.69, 9.17) is 0 Å². The fraction of sp³-hybridized carbons (Fsp3) is 0.111. The molecule has 4 heteroatoms. The standard InChI is InChI=1S/C18H16O4/c19-17(20)15(13-7-3-1-4-8-13)11-12-16(18(21)22)14-9-5-2-6-10-14/h1-12,15-16H,(H,19,20)(H,21,22)/b12-11+. The van der Waals surface area contributed by atoms with Gasteiger partial charge in [-0.05, 0) is 11.1 Å². The van der Waals surface area contributed by atoms with Crippen molar-refractivity contribution >= 4 is 11.9 Å². The molecule has 0 fully saturated rings. The van der Waals surface area contributed by atoms with E-state index in [1.54, 1.807) is 60.7 Å². The van der Waals surface area contributed by atoms with E-state index in [0.717, 1.165) is 0 Å². The van der Waals surface area contributed by atoms with Crippen LogP contribution in [0.15, 0.2) is 72.8 Å². The Morgan fingerprint density at radius 1 is 0.682 bits per heavy atom. The molecule has 2 N–H and O–H groups in total. The number of rotatable bonds is 6. The van der Waals surface area contributed by atoms with Gasteiger partial charge in [-0.2, -0.15) is 0 Å². The average Bonchev–Trinajstić information content (AvgIpc) is 2.52. The molecule has 2 atom stereocenters. The molecule has 0 aliphatic heterocycles. The van der Waals surface area contributed by atoms with E-state index in [-0.39, 0.29) is 0 Å². The van der Waals surface area contributed by atoms with Crippen molar-refractivity contribution in [3.63, 3.8) is 0 Å². The van der Waals surface area contributed by atoms with Gasteiger partial charge in [0.1, 0.15) is 0 Å². The van der Waals surface area contributed by atoms with E-state index in [9.17, 15) is 19.8 Å². The molecular weight excluding hydrogens is 280 g/mol. The Hall–Kier alpha value is -2.88. The van der Waals surface area contributed by atoms with Crippen molar-refractivity contribution in [3.05, 3.63) is 83.9 Å². The van der Waals surface area contributed by atoms with E-state index < -0.39 is 23.8 Å². The molecule has 2 aromatic carbocycles.